The lowest BCUT2D eigenvalue weighted by Crippen LogP contribution is -2.14. The zero-order valence-electron chi connectivity index (χ0n) is 16.0. The van der Waals surface area contributed by atoms with Gasteiger partial charge in [0.25, 0.3) is 5.91 Å². The number of nitrogens with zero attached hydrogens (tertiary/aromatic N) is 4. The van der Waals surface area contributed by atoms with Gasteiger partial charge in [-0.25, -0.2) is 9.97 Å². The molecule has 0 atom stereocenters. The summed E-state index contributed by atoms with van der Waals surface area (Å²) in [5.41, 5.74) is 9.11. The Bertz CT molecular complexity index is 1440. The highest BCUT2D eigenvalue weighted by Crippen LogP contribution is 2.29. The molecule has 3 N–H and O–H groups in total. The van der Waals surface area contributed by atoms with Crippen molar-refractivity contribution in [3.63, 3.8) is 0 Å². The third-order valence-electron chi connectivity index (χ3n) is 4.65. The molecule has 0 radical (unpaired) electrons. The van der Waals surface area contributed by atoms with Crippen LogP contribution in [0, 0.1) is 0 Å². The average molecular weight is 431 g/mol. The van der Waals surface area contributed by atoms with E-state index >= 15 is 0 Å². The molecule has 3 heterocycles. The van der Waals surface area contributed by atoms with Crippen LogP contribution in [0.5, 0.6) is 0 Å². The second kappa shape index (κ2) is 7.58. The molecule has 152 valence electrons. The number of hydrogen-bond donors (Lipinski definition) is 2. The zero-order valence-corrected chi connectivity index (χ0v) is 16.7. The predicted octanol–water partition coefficient (Wildman–Crippen LogP) is 4.55. The van der Waals surface area contributed by atoms with Crippen LogP contribution in [-0.2, 0) is 0 Å². The van der Waals surface area contributed by atoms with Crippen molar-refractivity contribution >= 4 is 57.4 Å². The number of nitrogen functional groups attached to an aromatic ring is 1. The molecule has 0 bridgehead atoms. The fourth-order valence-electron chi connectivity index (χ4n) is 3.19. The molecule has 0 aliphatic carbocycles. The fraction of sp³-hybridized carbons (Fsp3) is 0. The smallest absolute Gasteiger partial charge is 0.261 e. The molecule has 3 aromatic heterocycles. The maximum Gasteiger partial charge on any atom is 0.261 e. The number of carbonyl (C=O) groups excluding carboxylic acids is 1. The number of para-hydroxylation sites is 2. The average Bonchev–Trinajstić information content (AvgIpc) is 3.38. The number of nitrogens with two attached hydrogens (primary N) is 1. The molecule has 2 aromatic carbocycles. The molecule has 0 saturated heterocycles. The number of anilines is 2. The van der Waals surface area contributed by atoms with Crippen LogP contribution in [0.1, 0.15) is 16.1 Å². The number of carbonyl (C=O) groups is 1. The fourth-order valence-corrected chi connectivity index (χ4v) is 3.32. The van der Waals surface area contributed by atoms with Crippen LogP contribution in [-0.4, -0.2) is 26.8 Å². The number of amides is 1. The Labute approximate surface area is 181 Å². The van der Waals surface area contributed by atoms with Crippen LogP contribution in [0.2, 0.25) is 5.02 Å². The second-order valence-corrected chi connectivity index (χ2v) is 7.11. The van der Waals surface area contributed by atoms with E-state index in [0.29, 0.717) is 38.7 Å². The number of furan rings is 1. The Hall–Kier alpha value is -4.17. The maximum atomic E-state index is 13.1. The van der Waals surface area contributed by atoms with Crippen LogP contribution < -0.4 is 11.1 Å². The molecule has 5 aromatic rings. The van der Waals surface area contributed by atoms with E-state index in [1.807, 2.05) is 24.3 Å². The van der Waals surface area contributed by atoms with Crippen molar-refractivity contribution < 1.29 is 9.21 Å². The van der Waals surface area contributed by atoms with E-state index < -0.39 is 5.91 Å². The molecule has 0 spiro atoms. The summed E-state index contributed by atoms with van der Waals surface area (Å²) in [7, 11) is 0. The van der Waals surface area contributed by atoms with Gasteiger partial charge >= 0.3 is 0 Å². The largest absolute Gasteiger partial charge is 0.463 e. The van der Waals surface area contributed by atoms with Crippen LogP contribution in [0.3, 0.4) is 0 Å². The minimum atomic E-state index is -0.429. The molecule has 0 unspecified atom stereocenters. The van der Waals surface area contributed by atoms with Crippen molar-refractivity contribution in [3.8, 4) is 0 Å². The summed E-state index contributed by atoms with van der Waals surface area (Å²) in [5, 5.41) is 7.77. The predicted molar refractivity (Wildman–Crippen MR) is 121 cm³/mol. The normalized spacial score (nSPS) is 11.5. The molecule has 9 heteroatoms. The molecule has 8 nitrogen and oxygen atoms in total. The van der Waals surface area contributed by atoms with Gasteiger partial charge in [-0.05, 0) is 48.5 Å². The van der Waals surface area contributed by atoms with Gasteiger partial charge in [-0.1, -0.05) is 23.7 Å². The van der Waals surface area contributed by atoms with Gasteiger partial charge in [0.15, 0.2) is 5.65 Å². The van der Waals surface area contributed by atoms with Gasteiger partial charge in [-0.2, -0.15) is 9.78 Å². The highest BCUT2D eigenvalue weighted by Gasteiger charge is 2.24. The first kappa shape index (κ1) is 18.8. The van der Waals surface area contributed by atoms with E-state index in [2.05, 4.69) is 20.4 Å². The Kier molecular flexibility index (Phi) is 4.61. The Balaban J connectivity index is 1.67. The topological polar surface area (TPSA) is 111 Å². The summed E-state index contributed by atoms with van der Waals surface area (Å²) in [6.07, 6.45) is 3.03. The van der Waals surface area contributed by atoms with Gasteiger partial charge in [0, 0.05) is 10.7 Å². The third kappa shape index (κ3) is 3.49. The molecule has 0 saturated carbocycles. The number of rotatable bonds is 4. The second-order valence-electron chi connectivity index (χ2n) is 6.68. The van der Waals surface area contributed by atoms with Gasteiger partial charge in [0.2, 0.25) is 0 Å². The quantitative estimate of drug-likeness (QED) is 0.406. The van der Waals surface area contributed by atoms with Crippen molar-refractivity contribution in [1.29, 1.82) is 0 Å². The van der Waals surface area contributed by atoms with Crippen LogP contribution in [0.4, 0.5) is 11.5 Å². The lowest BCUT2D eigenvalue weighted by molar-refractivity contribution is 0.102. The molecule has 0 aliphatic rings. The first-order chi connectivity index (χ1) is 15.1. The first-order valence-electron chi connectivity index (χ1n) is 9.31. The minimum absolute atomic E-state index is 0.111. The van der Waals surface area contributed by atoms with Crippen molar-refractivity contribution in [3.05, 3.63) is 83.3 Å². The summed E-state index contributed by atoms with van der Waals surface area (Å²) < 4.78 is 6.67. The van der Waals surface area contributed by atoms with Crippen LogP contribution >= 0.6 is 11.6 Å². The SMILES string of the molecule is Nc1c(C(=O)Nc2ccc(Cl)cc2)c2nc3ccccc3nc2n1/N=C/c1ccco1. The number of aromatic nitrogens is 3. The Morgan fingerprint density at radius 2 is 1.81 bits per heavy atom. The highest BCUT2D eigenvalue weighted by molar-refractivity contribution is 6.30. The summed E-state index contributed by atoms with van der Waals surface area (Å²) in [6, 6.07) is 17.6. The monoisotopic (exact) mass is 430 g/mol. The van der Waals surface area contributed by atoms with Crippen molar-refractivity contribution in [1.82, 2.24) is 14.6 Å². The van der Waals surface area contributed by atoms with Gasteiger partial charge in [-0.3, -0.25) is 4.79 Å². The van der Waals surface area contributed by atoms with Crippen LogP contribution in [0.25, 0.3) is 22.2 Å². The maximum absolute atomic E-state index is 13.1. The van der Waals surface area contributed by atoms with Crippen molar-refractivity contribution in [2.45, 2.75) is 0 Å². The number of benzene rings is 2. The van der Waals surface area contributed by atoms with E-state index in [-0.39, 0.29) is 11.4 Å². The minimum Gasteiger partial charge on any atom is -0.463 e. The molecule has 0 aliphatic heterocycles. The van der Waals surface area contributed by atoms with Gasteiger partial charge in [0.05, 0.1) is 23.5 Å². The van der Waals surface area contributed by atoms with Crippen molar-refractivity contribution in [2.75, 3.05) is 11.1 Å². The van der Waals surface area contributed by atoms with Gasteiger partial charge in [-0.15, -0.1) is 0 Å². The Morgan fingerprint density at radius 1 is 1.06 bits per heavy atom. The lowest BCUT2D eigenvalue weighted by atomic mass is 10.2. The molecule has 5 rings (SSSR count). The standard InChI is InChI=1S/C22H15ClN6O2/c23-13-7-9-14(10-8-13)26-22(30)18-19-21(28-17-6-2-1-5-16(17)27-19)29(20(18)24)25-12-15-4-3-11-31-15/h1-12H,24H2,(H,26,30)/b25-12+. The summed E-state index contributed by atoms with van der Waals surface area (Å²) in [6.45, 7) is 0. The number of halogens is 1. The van der Waals surface area contributed by atoms with E-state index in [0.717, 1.165) is 0 Å². The van der Waals surface area contributed by atoms with E-state index in [1.54, 1.807) is 36.4 Å². The molecule has 1 amide bonds. The van der Waals surface area contributed by atoms with E-state index in [9.17, 15) is 4.79 Å². The zero-order chi connectivity index (χ0) is 21.4. The number of hydrogen-bond acceptors (Lipinski definition) is 6. The van der Waals surface area contributed by atoms with Crippen molar-refractivity contribution in [2.24, 2.45) is 5.10 Å². The molecular weight excluding hydrogens is 416 g/mol. The molecule has 31 heavy (non-hydrogen) atoms. The molecule has 0 fully saturated rings. The summed E-state index contributed by atoms with van der Waals surface area (Å²) in [4.78, 5) is 22.4. The van der Waals surface area contributed by atoms with Gasteiger partial charge < -0.3 is 15.5 Å². The first-order valence-corrected chi connectivity index (χ1v) is 9.69. The van der Waals surface area contributed by atoms with Crippen LogP contribution in [0.15, 0.2) is 76.4 Å². The Morgan fingerprint density at radius 3 is 2.52 bits per heavy atom. The number of fused-ring (bicyclic) bond motifs is 2. The molecular formula is C22H15ClN6O2. The summed E-state index contributed by atoms with van der Waals surface area (Å²) in [5.74, 6) is 0.211. The lowest BCUT2D eigenvalue weighted by Gasteiger charge is -2.05. The van der Waals surface area contributed by atoms with Gasteiger partial charge in [0.1, 0.15) is 22.7 Å². The van der Waals surface area contributed by atoms with E-state index in [4.69, 9.17) is 21.8 Å². The van der Waals surface area contributed by atoms with E-state index in [1.165, 1.54) is 17.2 Å². The highest BCUT2D eigenvalue weighted by atomic mass is 35.5. The number of nitrogens with one attached hydrogen (secondary N) is 1. The third-order valence-corrected chi connectivity index (χ3v) is 4.90. The summed E-state index contributed by atoms with van der Waals surface area (Å²) >= 11 is 5.93.